The minimum absolute atomic E-state index is 0.119. The fraction of sp³-hybridized carbons (Fsp3) is 0.143. The number of aryl methyl sites for hydroxylation is 1. The first-order chi connectivity index (χ1) is 12.6. The van der Waals surface area contributed by atoms with Crippen molar-refractivity contribution in [3.63, 3.8) is 0 Å². The summed E-state index contributed by atoms with van der Waals surface area (Å²) in [5.74, 6) is -0.870. The minimum atomic E-state index is -0.654. The van der Waals surface area contributed by atoms with Crippen molar-refractivity contribution in [2.75, 3.05) is 18.1 Å². The van der Waals surface area contributed by atoms with Gasteiger partial charge in [0.05, 0.1) is 0 Å². The Labute approximate surface area is 151 Å². The number of rotatable bonds is 6. The van der Waals surface area contributed by atoms with Crippen LogP contribution in [0.4, 0.5) is 5.69 Å². The van der Waals surface area contributed by atoms with E-state index in [9.17, 15) is 9.59 Å². The van der Waals surface area contributed by atoms with Gasteiger partial charge in [0.2, 0.25) is 5.76 Å². The number of hydrogen-bond donors (Lipinski definition) is 0. The lowest BCUT2D eigenvalue weighted by Gasteiger charge is -2.20. The Morgan fingerprint density at radius 1 is 1.12 bits per heavy atom. The van der Waals surface area contributed by atoms with Crippen LogP contribution in [-0.4, -0.2) is 25.0 Å². The lowest BCUT2D eigenvalue weighted by molar-refractivity contribution is -0.121. The molecule has 0 bridgehead atoms. The predicted molar refractivity (Wildman–Crippen MR) is 100 cm³/mol. The smallest absolute Gasteiger partial charge is 0.375 e. The largest absolute Gasteiger partial charge is 0.450 e. The van der Waals surface area contributed by atoms with E-state index < -0.39 is 5.97 Å². The number of benzene rings is 2. The molecule has 0 aliphatic carbocycles. The number of esters is 1. The molecule has 1 aromatic heterocycles. The number of carbonyl (C=O) groups excluding carboxylic acids is 2. The average molecular weight is 349 g/mol. The maximum absolute atomic E-state index is 12.5. The molecule has 1 amide bonds. The number of para-hydroxylation sites is 2. The van der Waals surface area contributed by atoms with E-state index in [1.54, 1.807) is 19.1 Å². The van der Waals surface area contributed by atoms with Crippen LogP contribution in [0, 0.1) is 6.92 Å². The van der Waals surface area contributed by atoms with Crippen molar-refractivity contribution >= 4 is 28.5 Å². The van der Waals surface area contributed by atoms with E-state index in [0.29, 0.717) is 23.4 Å². The Morgan fingerprint density at radius 3 is 2.50 bits per heavy atom. The number of amides is 1. The van der Waals surface area contributed by atoms with E-state index >= 15 is 0 Å². The molecular formula is C21H19NO4. The van der Waals surface area contributed by atoms with Crippen LogP contribution in [0.5, 0.6) is 0 Å². The van der Waals surface area contributed by atoms with Crippen LogP contribution in [-0.2, 0) is 9.53 Å². The first-order valence-electron chi connectivity index (χ1n) is 8.23. The maximum atomic E-state index is 12.5. The highest BCUT2D eigenvalue weighted by molar-refractivity contribution is 5.99. The molecule has 0 radical (unpaired) electrons. The first-order valence-corrected chi connectivity index (χ1v) is 8.23. The second kappa shape index (κ2) is 7.70. The zero-order valence-electron chi connectivity index (χ0n) is 14.5. The van der Waals surface area contributed by atoms with Crippen LogP contribution in [0.3, 0.4) is 0 Å². The van der Waals surface area contributed by atoms with Crippen molar-refractivity contribution in [2.45, 2.75) is 6.92 Å². The van der Waals surface area contributed by atoms with Crippen LogP contribution >= 0.6 is 0 Å². The van der Waals surface area contributed by atoms with E-state index in [-0.39, 0.29) is 18.3 Å². The van der Waals surface area contributed by atoms with Crippen molar-refractivity contribution in [1.82, 2.24) is 0 Å². The SMILES string of the molecule is C=CCN(C(=O)COC(=O)c1oc2ccccc2c1C)c1ccccc1. The fourth-order valence-corrected chi connectivity index (χ4v) is 2.73. The van der Waals surface area contributed by atoms with E-state index in [1.165, 1.54) is 4.90 Å². The van der Waals surface area contributed by atoms with E-state index in [2.05, 4.69) is 6.58 Å². The summed E-state index contributed by atoms with van der Waals surface area (Å²) in [6, 6.07) is 16.5. The molecule has 0 aliphatic heterocycles. The molecule has 1 heterocycles. The van der Waals surface area contributed by atoms with Gasteiger partial charge in [0, 0.05) is 23.2 Å². The highest BCUT2D eigenvalue weighted by atomic mass is 16.5. The molecule has 0 fully saturated rings. The summed E-state index contributed by atoms with van der Waals surface area (Å²) in [6.45, 7) is 5.41. The Balaban J connectivity index is 1.72. The van der Waals surface area contributed by atoms with Gasteiger partial charge >= 0.3 is 5.97 Å². The van der Waals surface area contributed by atoms with Gasteiger partial charge in [-0.25, -0.2) is 4.79 Å². The predicted octanol–water partition coefficient (Wildman–Crippen LogP) is 4.12. The number of hydrogen-bond acceptors (Lipinski definition) is 4. The van der Waals surface area contributed by atoms with Gasteiger partial charge in [-0.2, -0.15) is 0 Å². The van der Waals surface area contributed by atoms with E-state index in [0.717, 1.165) is 5.39 Å². The van der Waals surface area contributed by atoms with Crippen molar-refractivity contribution in [3.8, 4) is 0 Å². The van der Waals surface area contributed by atoms with Gasteiger partial charge in [0.15, 0.2) is 6.61 Å². The number of carbonyl (C=O) groups is 2. The molecular weight excluding hydrogens is 330 g/mol. The summed E-state index contributed by atoms with van der Waals surface area (Å²) >= 11 is 0. The van der Waals surface area contributed by atoms with E-state index in [4.69, 9.17) is 9.15 Å². The second-order valence-corrected chi connectivity index (χ2v) is 5.76. The highest BCUT2D eigenvalue weighted by Gasteiger charge is 2.21. The third-order valence-electron chi connectivity index (χ3n) is 4.04. The molecule has 0 spiro atoms. The van der Waals surface area contributed by atoms with Crippen LogP contribution in [0.2, 0.25) is 0 Å². The van der Waals surface area contributed by atoms with Crippen molar-refractivity contribution in [2.24, 2.45) is 0 Å². The average Bonchev–Trinajstić information content (AvgIpc) is 3.02. The van der Waals surface area contributed by atoms with Gasteiger partial charge in [0.25, 0.3) is 5.91 Å². The highest BCUT2D eigenvalue weighted by Crippen LogP contribution is 2.25. The summed E-state index contributed by atoms with van der Waals surface area (Å²) in [7, 11) is 0. The molecule has 0 saturated heterocycles. The molecule has 26 heavy (non-hydrogen) atoms. The Morgan fingerprint density at radius 2 is 1.81 bits per heavy atom. The standard InChI is InChI=1S/C21H19NO4/c1-3-13-22(16-9-5-4-6-10-16)19(23)14-25-21(24)20-15(2)17-11-7-8-12-18(17)26-20/h3-12H,1,13-14H2,2H3. The van der Waals surface area contributed by atoms with Gasteiger partial charge in [-0.1, -0.05) is 42.5 Å². The second-order valence-electron chi connectivity index (χ2n) is 5.76. The monoisotopic (exact) mass is 349 g/mol. The lowest BCUT2D eigenvalue weighted by Crippen LogP contribution is -2.34. The van der Waals surface area contributed by atoms with Crippen molar-refractivity contribution < 1.29 is 18.7 Å². The Hall–Kier alpha value is -3.34. The maximum Gasteiger partial charge on any atom is 0.375 e. The molecule has 0 N–H and O–H groups in total. The quantitative estimate of drug-likeness (QED) is 0.496. The zero-order chi connectivity index (χ0) is 18.5. The van der Waals surface area contributed by atoms with Crippen LogP contribution in [0.25, 0.3) is 11.0 Å². The lowest BCUT2D eigenvalue weighted by atomic mass is 10.1. The summed E-state index contributed by atoms with van der Waals surface area (Å²) in [5, 5.41) is 0.850. The molecule has 3 rings (SSSR count). The summed E-state index contributed by atoms with van der Waals surface area (Å²) in [5.41, 5.74) is 2.03. The third kappa shape index (κ3) is 3.52. The summed E-state index contributed by atoms with van der Waals surface area (Å²) in [6.07, 6.45) is 1.62. The van der Waals surface area contributed by atoms with Gasteiger partial charge in [0.1, 0.15) is 5.58 Å². The summed E-state index contributed by atoms with van der Waals surface area (Å²) < 4.78 is 10.8. The molecule has 2 aromatic carbocycles. The number of ether oxygens (including phenoxy) is 1. The number of nitrogens with zero attached hydrogens (tertiary/aromatic N) is 1. The number of furan rings is 1. The normalized spacial score (nSPS) is 10.5. The van der Waals surface area contributed by atoms with Crippen LogP contribution in [0.1, 0.15) is 16.1 Å². The minimum Gasteiger partial charge on any atom is -0.450 e. The van der Waals surface area contributed by atoms with Crippen molar-refractivity contribution in [3.05, 3.63) is 78.6 Å². The topological polar surface area (TPSA) is 59.8 Å². The number of anilines is 1. The molecule has 3 aromatic rings. The van der Waals surface area contributed by atoms with Gasteiger partial charge in [-0.05, 0) is 25.1 Å². The molecule has 5 heteroatoms. The molecule has 0 unspecified atom stereocenters. The fourth-order valence-electron chi connectivity index (χ4n) is 2.73. The van der Waals surface area contributed by atoms with Gasteiger partial charge < -0.3 is 14.1 Å². The third-order valence-corrected chi connectivity index (χ3v) is 4.04. The van der Waals surface area contributed by atoms with Gasteiger partial charge in [-0.15, -0.1) is 6.58 Å². The first kappa shape index (κ1) is 17.5. The van der Waals surface area contributed by atoms with Crippen LogP contribution in [0.15, 0.2) is 71.7 Å². The molecule has 5 nitrogen and oxygen atoms in total. The molecule has 132 valence electrons. The Kier molecular flexibility index (Phi) is 5.17. The molecule has 0 atom stereocenters. The zero-order valence-corrected chi connectivity index (χ0v) is 14.5. The molecule has 0 aliphatic rings. The Bertz CT molecular complexity index is 943. The van der Waals surface area contributed by atoms with E-state index in [1.807, 2.05) is 48.5 Å². The van der Waals surface area contributed by atoms with Crippen molar-refractivity contribution in [1.29, 1.82) is 0 Å². The van der Waals surface area contributed by atoms with Gasteiger partial charge in [-0.3, -0.25) is 4.79 Å². The summed E-state index contributed by atoms with van der Waals surface area (Å²) in [4.78, 5) is 26.4. The van der Waals surface area contributed by atoms with Crippen LogP contribution < -0.4 is 4.90 Å². The molecule has 0 saturated carbocycles. The number of fused-ring (bicyclic) bond motifs is 1.